The van der Waals surface area contributed by atoms with Crippen LogP contribution in [0.3, 0.4) is 0 Å². The number of hydrogen-bond donors (Lipinski definition) is 1. The lowest BCUT2D eigenvalue weighted by atomic mass is 9.90. The largest absolute Gasteiger partial charge is 0.573 e. The predicted octanol–water partition coefficient (Wildman–Crippen LogP) is 5.34. The summed E-state index contributed by atoms with van der Waals surface area (Å²) in [5.41, 5.74) is 2.83. The monoisotopic (exact) mass is 397 g/mol. The molecule has 1 heterocycles. The zero-order chi connectivity index (χ0) is 21.2. The normalized spacial score (nSPS) is 12.9. The second-order valence-corrected chi connectivity index (χ2v) is 7.45. The standard InChI is InChI=1S/C20H26F3N3O2/c1-11(2)9-12(3)16-10-15(28-20(21,22)23)7-8-17(16)24-19(27)18-13(4)25-26(6)14(18)5/h7-8,10-12H,9H2,1-6H3,(H,24,27). The number of alkyl halides is 3. The number of rotatable bonds is 6. The summed E-state index contributed by atoms with van der Waals surface area (Å²) in [6.07, 6.45) is -4.02. The van der Waals surface area contributed by atoms with Gasteiger partial charge < -0.3 is 10.1 Å². The number of nitrogens with zero attached hydrogens (tertiary/aromatic N) is 2. The highest BCUT2D eigenvalue weighted by Gasteiger charge is 2.31. The molecule has 154 valence electrons. The van der Waals surface area contributed by atoms with E-state index >= 15 is 0 Å². The van der Waals surface area contributed by atoms with E-state index in [4.69, 9.17) is 0 Å². The van der Waals surface area contributed by atoms with Gasteiger partial charge in [-0.25, -0.2) is 0 Å². The van der Waals surface area contributed by atoms with Crippen molar-refractivity contribution in [3.8, 4) is 5.75 Å². The van der Waals surface area contributed by atoms with Crippen LogP contribution in [0.4, 0.5) is 18.9 Å². The summed E-state index contributed by atoms with van der Waals surface area (Å²) in [5.74, 6) is -0.368. The van der Waals surface area contributed by atoms with Crippen LogP contribution in [0.5, 0.6) is 5.75 Å². The summed E-state index contributed by atoms with van der Waals surface area (Å²) in [4.78, 5) is 12.8. The molecule has 0 radical (unpaired) electrons. The van der Waals surface area contributed by atoms with E-state index in [1.54, 1.807) is 25.6 Å². The molecule has 1 unspecified atom stereocenters. The molecule has 0 saturated heterocycles. The maximum atomic E-state index is 12.8. The van der Waals surface area contributed by atoms with Crippen LogP contribution in [-0.2, 0) is 7.05 Å². The minimum atomic E-state index is -4.77. The molecule has 0 aliphatic heterocycles. The number of aromatic nitrogens is 2. The van der Waals surface area contributed by atoms with Gasteiger partial charge in [-0.05, 0) is 55.9 Å². The molecule has 2 rings (SSSR count). The van der Waals surface area contributed by atoms with Crippen LogP contribution in [0, 0.1) is 19.8 Å². The van der Waals surface area contributed by atoms with Gasteiger partial charge >= 0.3 is 6.36 Å². The van der Waals surface area contributed by atoms with Crippen LogP contribution >= 0.6 is 0 Å². The van der Waals surface area contributed by atoms with E-state index in [1.807, 2.05) is 20.8 Å². The SMILES string of the molecule is Cc1nn(C)c(C)c1C(=O)Nc1ccc(OC(F)(F)F)cc1C(C)CC(C)C. The van der Waals surface area contributed by atoms with Crippen molar-refractivity contribution in [2.45, 2.75) is 53.3 Å². The van der Waals surface area contributed by atoms with Crippen LogP contribution in [0.1, 0.15) is 60.4 Å². The summed E-state index contributed by atoms with van der Waals surface area (Å²) < 4.78 is 43.5. The van der Waals surface area contributed by atoms with Crippen molar-refractivity contribution in [3.05, 3.63) is 40.7 Å². The Hall–Kier alpha value is -2.51. The van der Waals surface area contributed by atoms with Gasteiger partial charge in [0.1, 0.15) is 5.75 Å². The molecule has 1 atom stereocenters. The number of ether oxygens (including phenoxy) is 1. The average molecular weight is 397 g/mol. The third kappa shape index (κ3) is 5.27. The molecule has 5 nitrogen and oxygen atoms in total. The van der Waals surface area contributed by atoms with Gasteiger partial charge in [-0.15, -0.1) is 13.2 Å². The molecule has 2 aromatic rings. The van der Waals surface area contributed by atoms with E-state index < -0.39 is 6.36 Å². The second-order valence-electron chi connectivity index (χ2n) is 7.45. The highest BCUT2D eigenvalue weighted by Crippen LogP contribution is 2.34. The highest BCUT2D eigenvalue weighted by atomic mass is 19.4. The lowest BCUT2D eigenvalue weighted by Crippen LogP contribution is -2.19. The fourth-order valence-corrected chi connectivity index (χ4v) is 3.38. The Kier molecular flexibility index (Phi) is 6.41. The summed E-state index contributed by atoms with van der Waals surface area (Å²) >= 11 is 0. The fraction of sp³-hybridized carbons (Fsp3) is 0.500. The van der Waals surface area contributed by atoms with Crippen molar-refractivity contribution >= 4 is 11.6 Å². The quantitative estimate of drug-likeness (QED) is 0.716. The smallest absolute Gasteiger partial charge is 0.406 e. The zero-order valence-corrected chi connectivity index (χ0v) is 16.9. The van der Waals surface area contributed by atoms with Gasteiger partial charge in [0.05, 0.1) is 11.3 Å². The van der Waals surface area contributed by atoms with Gasteiger partial charge in [0.15, 0.2) is 0 Å². The minimum absolute atomic E-state index is 0.0665. The maximum absolute atomic E-state index is 12.8. The lowest BCUT2D eigenvalue weighted by Gasteiger charge is -2.20. The number of nitrogens with one attached hydrogen (secondary N) is 1. The van der Waals surface area contributed by atoms with E-state index in [1.165, 1.54) is 18.2 Å². The Bertz CT molecular complexity index is 857. The molecule has 0 saturated carbocycles. The van der Waals surface area contributed by atoms with Gasteiger partial charge in [-0.3, -0.25) is 9.48 Å². The molecule has 0 aliphatic rings. The summed E-state index contributed by atoms with van der Waals surface area (Å²) in [7, 11) is 1.75. The Morgan fingerprint density at radius 1 is 1.25 bits per heavy atom. The molecule has 1 aromatic carbocycles. The first-order valence-corrected chi connectivity index (χ1v) is 9.10. The van der Waals surface area contributed by atoms with Crippen LogP contribution in [0.15, 0.2) is 18.2 Å². The van der Waals surface area contributed by atoms with Crippen LogP contribution in [0.2, 0.25) is 0 Å². The van der Waals surface area contributed by atoms with Crippen LogP contribution in [-0.4, -0.2) is 22.1 Å². The lowest BCUT2D eigenvalue weighted by molar-refractivity contribution is -0.274. The minimum Gasteiger partial charge on any atom is -0.406 e. The Morgan fingerprint density at radius 2 is 1.89 bits per heavy atom. The number of amides is 1. The number of benzene rings is 1. The number of anilines is 1. The third-order valence-corrected chi connectivity index (χ3v) is 4.60. The van der Waals surface area contributed by atoms with Gasteiger partial charge in [-0.2, -0.15) is 5.10 Å². The van der Waals surface area contributed by atoms with Crippen molar-refractivity contribution in [2.75, 3.05) is 5.32 Å². The average Bonchev–Trinajstić information content (AvgIpc) is 2.79. The maximum Gasteiger partial charge on any atom is 0.573 e. The van der Waals surface area contributed by atoms with Crippen LogP contribution in [0.25, 0.3) is 0 Å². The van der Waals surface area contributed by atoms with E-state index in [2.05, 4.69) is 15.2 Å². The first-order chi connectivity index (χ1) is 12.9. The predicted molar refractivity (Wildman–Crippen MR) is 102 cm³/mol. The fourth-order valence-electron chi connectivity index (χ4n) is 3.38. The van der Waals surface area contributed by atoms with Crippen molar-refractivity contribution in [3.63, 3.8) is 0 Å². The first-order valence-electron chi connectivity index (χ1n) is 9.10. The summed E-state index contributed by atoms with van der Waals surface area (Å²) in [6, 6.07) is 4.00. The number of hydrogen-bond acceptors (Lipinski definition) is 3. The molecular formula is C20H26F3N3O2. The van der Waals surface area contributed by atoms with E-state index in [-0.39, 0.29) is 17.6 Å². The van der Waals surface area contributed by atoms with Gasteiger partial charge in [-0.1, -0.05) is 20.8 Å². The van der Waals surface area contributed by atoms with Crippen molar-refractivity contribution < 1.29 is 22.7 Å². The molecule has 0 fully saturated rings. The molecule has 1 amide bonds. The third-order valence-electron chi connectivity index (χ3n) is 4.60. The van der Waals surface area contributed by atoms with Gasteiger partial charge in [0.2, 0.25) is 0 Å². The van der Waals surface area contributed by atoms with E-state index in [0.717, 1.165) is 6.42 Å². The molecule has 1 aromatic heterocycles. The van der Waals surface area contributed by atoms with Crippen molar-refractivity contribution in [2.24, 2.45) is 13.0 Å². The van der Waals surface area contributed by atoms with E-state index in [0.29, 0.717) is 34.1 Å². The molecule has 0 bridgehead atoms. The topological polar surface area (TPSA) is 56.2 Å². The van der Waals surface area contributed by atoms with Gasteiger partial charge in [0.25, 0.3) is 5.91 Å². The summed E-state index contributed by atoms with van der Waals surface area (Å²) in [6.45, 7) is 9.52. The molecule has 28 heavy (non-hydrogen) atoms. The molecule has 1 N–H and O–H groups in total. The highest BCUT2D eigenvalue weighted by molar-refractivity contribution is 6.06. The van der Waals surface area contributed by atoms with E-state index in [9.17, 15) is 18.0 Å². The molecular weight excluding hydrogens is 371 g/mol. The van der Waals surface area contributed by atoms with Gasteiger partial charge in [0, 0.05) is 18.4 Å². The zero-order valence-electron chi connectivity index (χ0n) is 16.9. The number of carbonyl (C=O) groups excluding carboxylic acids is 1. The first kappa shape index (κ1) is 21.8. The number of carbonyl (C=O) groups is 1. The summed E-state index contributed by atoms with van der Waals surface area (Å²) in [5, 5.41) is 7.07. The second kappa shape index (κ2) is 8.24. The van der Waals surface area contributed by atoms with Crippen molar-refractivity contribution in [1.29, 1.82) is 0 Å². The molecule has 0 aliphatic carbocycles. The Morgan fingerprint density at radius 3 is 2.39 bits per heavy atom. The van der Waals surface area contributed by atoms with Crippen molar-refractivity contribution in [1.82, 2.24) is 9.78 Å². The molecule has 0 spiro atoms. The number of aryl methyl sites for hydroxylation is 2. The molecule has 8 heteroatoms. The Labute approximate surface area is 162 Å². The number of halogens is 3. The van der Waals surface area contributed by atoms with Crippen LogP contribution < -0.4 is 10.1 Å². The Balaban J connectivity index is 2.39.